The van der Waals surface area contributed by atoms with Crippen LogP contribution in [0.5, 0.6) is 5.75 Å². The standard InChI is InChI=1S/C16H15Cl3O/c1-9-4-5-11(10(2)6-9)16(19)12-7-14(18)15(20-3)8-13(12)17/h4-8,16H,1-3H3. The Balaban J connectivity index is 2.48. The van der Waals surface area contributed by atoms with Crippen molar-refractivity contribution in [2.45, 2.75) is 19.2 Å². The van der Waals surface area contributed by atoms with Gasteiger partial charge >= 0.3 is 0 Å². The molecule has 0 aliphatic carbocycles. The van der Waals surface area contributed by atoms with E-state index in [9.17, 15) is 0 Å². The summed E-state index contributed by atoms with van der Waals surface area (Å²) < 4.78 is 5.15. The van der Waals surface area contributed by atoms with E-state index in [-0.39, 0.29) is 5.38 Å². The number of aryl methyl sites for hydroxylation is 2. The van der Waals surface area contributed by atoms with Gasteiger partial charge in [0.25, 0.3) is 0 Å². The van der Waals surface area contributed by atoms with Gasteiger partial charge in [-0.1, -0.05) is 47.0 Å². The summed E-state index contributed by atoms with van der Waals surface area (Å²) in [5, 5.41) is 0.708. The van der Waals surface area contributed by atoms with Gasteiger partial charge in [-0.2, -0.15) is 0 Å². The summed E-state index contributed by atoms with van der Waals surface area (Å²) in [6.45, 7) is 4.09. The van der Waals surface area contributed by atoms with Crippen molar-refractivity contribution in [3.05, 3.63) is 62.6 Å². The molecule has 0 N–H and O–H groups in total. The van der Waals surface area contributed by atoms with Gasteiger partial charge in [-0.3, -0.25) is 0 Å². The molecule has 106 valence electrons. The topological polar surface area (TPSA) is 9.23 Å². The Bertz CT molecular complexity index is 638. The van der Waals surface area contributed by atoms with E-state index in [4.69, 9.17) is 39.5 Å². The van der Waals surface area contributed by atoms with Crippen LogP contribution in [0.1, 0.15) is 27.6 Å². The highest BCUT2D eigenvalue weighted by atomic mass is 35.5. The Labute approximate surface area is 134 Å². The Morgan fingerprint density at radius 2 is 1.65 bits per heavy atom. The Kier molecular flexibility index (Phi) is 4.85. The third-order valence-electron chi connectivity index (χ3n) is 3.24. The summed E-state index contributed by atoms with van der Waals surface area (Å²) in [7, 11) is 1.56. The van der Waals surface area contributed by atoms with Crippen LogP contribution in [-0.2, 0) is 0 Å². The quantitative estimate of drug-likeness (QED) is 0.632. The average Bonchev–Trinajstić information content (AvgIpc) is 2.40. The van der Waals surface area contributed by atoms with Crippen molar-refractivity contribution < 1.29 is 4.74 Å². The molecule has 0 aromatic heterocycles. The van der Waals surface area contributed by atoms with E-state index in [0.29, 0.717) is 15.8 Å². The van der Waals surface area contributed by atoms with E-state index in [1.54, 1.807) is 19.2 Å². The van der Waals surface area contributed by atoms with Gasteiger partial charge in [-0.05, 0) is 36.6 Å². The number of benzene rings is 2. The number of rotatable bonds is 3. The van der Waals surface area contributed by atoms with E-state index in [0.717, 1.165) is 16.7 Å². The zero-order chi connectivity index (χ0) is 14.9. The second kappa shape index (κ2) is 6.26. The fraction of sp³-hybridized carbons (Fsp3) is 0.250. The van der Waals surface area contributed by atoms with Crippen LogP contribution in [0.15, 0.2) is 30.3 Å². The molecule has 0 bridgehead atoms. The lowest BCUT2D eigenvalue weighted by molar-refractivity contribution is 0.415. The highest BCUT2D eigenvalue weighted by Gasteiger charge is 2.18. The molecule has 0 aliphatic rings. The summed E-state index contributed by atoms with van der Waals surface area (Å²) in [4.78, 5) is 0. The Hall–Kier alpha value is -0.890. The summed E-state index contributed by atoms with van der Waals surface area (Å²) in [6.07, 6.45) is 0. The van der Waals surface area contributed by atoms with E-state index in [2.05, 4.69) is 13.0 Å². The first-order valence-corrected chi connectivity index (χ1v) is 7.37. The van der Waals surface area contributed by atoms with Crippen LogP contribution < -0.4 is 4.74 Å². The molecule has 0 aliphatic heterocycles. The Morgan fingerprint density at radius 1 is 0.950 bits per heavy atom. The number of halogens is 3. The molecule has 1 atom stereocenters. The van der Waals surface area contributed by atoms with Crippen LogP contribution in [0, 0.1) is 13.8 Å². The molecule has 0 fully saturated rings. The molecule has 2 aromatic carbocycles. The predicted octanol–water partition coefficient (Wildman–Crippen LogP) is 5.95. The molecule has 4 heteroatoms. The molecular formula is C16H15Cl3O. The van der Waals surface area contributed by atoms with Crippen molar-refractivity contribution in [2.24, 2.45) is 0 Å². The smallest absolute Gasteiger partial charge is 0.138 e. The lowest BCUT2D eigenvalue weighted by Crippen LogP contribution is -1.99. The van der Waals surface area contributed by atoms with Gasteiger partial charge in [0.15, 0.2) is 0 Å². The molecule has 0 saturated carbocycles. The molecule has 1 unspecified atom stereocenters. The van der Waals surface area contributed by atoms with Crippen molar-refractivity contribution in [1.29, 1.82) is 0 Å². The molecule has 0 amide bonds. The molecule has 20 heavy (non-hydrogen) atoms. The van der Waals surface area contributed by atoms with Gasteiger partial charge in [-0.25, -0.2) is 0 Å². The maximum absolute atomic E-state index is 6.58. The van der Waals surface area contributed by atoms with Crippen LogP contribution in [0.4, 0.5) is 0 Å². The molecular weight excluding hydrogens is 315 g/mol. The van der Waals surface area contributed by atoms with Crippen molar-refractivity contribution in [1.82, 2.24) is 0 Å². The molecule has 0 spiro atoms. The minimum atomic E-state index is -0.341. The second-order valence-corrected chi connectivity index (χ2v) is 5.98. The number of hydrogen-bond acceptors (Lipinski definition) is 1. The zero-order valence-corrected chi connectivity index (χ0v) is 13.8. The van der Waals surface area contributed by atoms with Crippen LogP contribution in [0.2, 0.25) is 10.0 Å². The third-order valence-corrected chi connectivity index (χ3v) is 4.34. The largest absolute Gasteiger partial charge is 0.495 e. The van der Waals surface area contributed by atoms with E-state index in [1.165, 1.54) is 5.56 Å². The highest BCUT2D eigenvalue weighted by Crippen LogP contribution is 2.40. The summed E-state index contributed by atoms with van der Waals surface area (Å²) in [5.41, 5.74) is 4.15. The van der Waals surface area contributed by atoms with Crippen molar-refractivity contribution in [3.63, 3.8) is 0 Å². The molecule has 2 rings (SSSR count). The summed E-state index contributed by atoms with van der Waals surface area (Å²) >= 11 is 19.0. The van der Waals surface area contributed by atoms with Gasteiger partial charge in [0.05, 0.1) is 17.5 Å². The van der Waals surface area contributed by atoms with Gasteiger partial charge < -0.3 is 4.74 Å². The normalized spacial score (nSPS) is 12.3. The fourth-order valence-electron chi connectivity index (χ4n) is 2.17. The van der Waals surface area contributed by atoms with E-state index < -0.39 is 0 Å². The predicted molar refractivity (Wildman–Crippen MR) is 86.6 cm³/mol. The van der Waals surface area contributed by atoms with Gasteiger partial charge in [0.1, 0.15) is 5.75 Å². The number of methoxy groups -OCH3 is 1. The van der Waals surface area contributed by atoms with Crippen molar-refractivity contribution in [2.75, 3.05) is 7.11 Å². The van der Waals surface area contributed by atoms with Crippen LogP contribution in [0.3, 0.4) is 0 Å². The first kappa shape index (κ1) is 15.5. The van der Waals surface area contributed by atoms with Gasteiger partial charge in [0, 0.05) is 11.1 Å². The molecule has 0 heterocycles. The zero-order valence-electron chi connectivity index (χ0n) is 11.5. The maximum Gasteiger partial charge on any atom is 0.138 e. The van der Waals surface area contributed by atoms with Crippen LogP contribution in [-0.4, -0.2) is 7.11 Å². The summed E-state index contributed by atoms with van der Waals surface area (Å²) in [5.74, 6) is 0.546. The number of hydrogen-bond donors (Lipinski definition) is 0. The van der Waals surface area contributed by atoms with Crippen molar-refractivity contribution in [3.8, 4) is 5.75 Å². The second-order valence-electron chi connectivity index (χ2n) is 4.73. The number of alkyl halides is 1. The molecule has 0 saturated heterocycles. The van der Waals surface area contributed by atoms with Crippen molar-refractivity contribution >= 4 is 34.8 Å². The minimum Gasteiger partial charge on any atom is -0.495 e. The Morgan fingerprint density at radius 3 is 2.25 bits per heavy atom. The molecule has 1 nitrogen and oxygen atoms in total. The van der Waals surface area contributed by atoms with E-state index in [1.807, 2.05) is 19.1 Å². The average molecular weight is 330 g/mol. The van der Waals surface area contributed by atoms with Crippen LogP contribution >= 0.6 is 34.8 Å². The summed E-state index contributed by atoms with van der Waals surface area (Å²) in [6, 6.07) is 9.62. The fourth-order valence-corrected chi connectivity index (χ4v) is 3.17. The third kappa shape index (κ3) is 3.06. The monoisotopic (exact) mass is 328 g/mol. The lowest BCUT2D eigenvalue weighted by atomic mass is 9.98. The van der Waals surface area contributed by atoms with Gasteiger partial charge in [-0.15, -0.1) is 11.6 Å². The first-order valence-electron chi connectivity index (χ1n) is 6.18. The molecule has 0 radical (unpaired) electrons. The molecule has 2 aromatic rings. The maximum atomic E-state index is 6.58. The SMILES string of the molecule is COc1cc(Cl)c(C(Cl)c2ccc(C)cc2C)cc1Cl. The van der Waals surface area contributed by atoms with E-state index >= 15 is 0 Å². The minimum absolute atomic E-state index is 0.341. The first-order chi connectivity index (χ1) is 9.43. The van der Waals surface area contributed by atoms with Crippen LogP contribution in [0.25, 0.3) is 0 Å². The number of ether oxygens (including phenoxy) is 1. The highest BCUT2D eigenvalue weighted by molar-refractivity contribution is 6.36. The van der Waals surface area contributed by atoms with Gasteiger partial charge in [0.2, 0.25) is 0 Å². The lowest BCUT2D eigenvalue weighted by Gasteiger charge is -2.16.